The molecule has 3 heteroatoms. The van der Waals surface area contributed by atoms with E-state index in [1.807, 2.05) is 62.3 Å². The first kappa shape index (κ1) is 13.0. The third kappa shape index (κ3) is 2.86. The van der Waals surface area contributed by atoms with Crippen LogP contribution in [-0.2, 0) is 0 Å². The van der Waals surface area contributed by atoms with Crippen molar-refractivity contribution in [2.45, 2.75) is 6.92 Å². The highest BCUT2D eigenvalue weighted by Crippen LogP contribution is 2.26. The van der Waals surface area contributed by atoms with Crippen molar-refractivity contribution < 1.29 is 0 Å². The van der Waals surface area contributed by atoms with Crippen LogP contribution < -0.4 is 10.2 Å². The summed E-state index contributed by atoms with van der Waals surface area (Å²) in [6, 6.07) is 16.1. The highest BCUT2D eigenvalue weighted by molar-refractivity contribution is 5.71. The zero-order valence-electron chi connectivity index (χ0n) is 11.4. The van der Waals surface area contributed by atoms with E-state index in [0.29, 0.717) is 5.56 Å². The van der Waals surface area contributed by atoms with E-state index in [0.717, 1.165) is 22.6 Å². The van der Waals surface area contributed by atoms with Crippen LogP contribution in [0.1, 0.15) is 11.1 Å². The van der Waals surface area contributed by atoms with Crippen LogP contribution in [0.5, 0.6) is 0 Å². The molecule has 0 atom stereocenters. The van der Waals surface area contributed by atoms with Crippen LogP contribution in [0.4, 0.5) is 17.1 Å². The Morgan fingerprint density at radius 2 is 1.84 bits per heavy atom. The summed E-state index contributed by atoms with van der Waals surface area (Å²) >= 11 is 0. The fourth-order valence-corrected chi connectivity index (χ4v) is 1.93. The van der Waals surface area contributed by atoms with Crippen LogP contribution in [0, 0.1) is 18.3 Å². The molecule has 0 bridgehead atoms. The summed E-state index contributed by atoms with van der Waals surface area (Å²) in [5.41, 5.74) is 4.71. The quantitative estimate of drug-likeness (QED) is 0.904. The van der Waals surface area contributed by atoms with Gasteiger partial charge < -0.3 is 10.2 Å². The van der Waals surface area contributed by atoms with Crippen molar-refractivity contribution in [3.63, 3.8) is 0 Å². The molecule has 0 unspecified atom stereocenters. The van der Waals surface area contributed by atoms with Gasteiger partial charge in [-0.3, -0.25) is 0 Å². The van der Waals surface area contributed by atoms with Crippen LogP contribution in [0.3, 0.4) is 0 Å². The number of rotatable bonds is 3. The van der Waals surface area contributed by atoms with E-state index < -0.39 is 0 Å². The summed E-state index contributed by atoms with van der Waals surface area (Å²) in [6.45, 7) is 2.00. The first-order valence-electron chi connectivity index (χ1n) is 6.16. The van der Waals surface area contributed by atoms with E-state index in [1.54, 1.807) is 0 Å². The second-order valence-corrected chi connectivity index (χ2v) is 4.68. The van der Waals surface area contributed by atoms with E-state index in [-0.39, 0.29) is 0 Å². The molecule has 1 N–H and O–H groups in total. The van der Waals surface area contributed by atoms with Crippen LogP contribution in [-0.4, -0.2) is 14.1 Å². The van der Waals surface area contributed by atoms with Gasteiger partial charge in [-0.2, -0.15) is 5.26 Å². The molecule has 0 saturated heterocycles. The van der Waals surface area contributed by atoms with Crippen molar-refractivity contribution in [1.82, 2.24) is 0 Å². The molecule has 0 radical (unpaired) electrons. The molecule has 0 heterocycles. The molecule has 0 aliphatic carbocycles. The summed E-state index contributed by atoms with van der Waals surface area (Å²) in [5, 5.41) is 12.5. The Morgan fingerprint density at radius 1 is 1.11 bits per heavy atom. The van der Waals surface area contributed by atoms with Gasteiger partial charge in [0, 0.05) is 25.5 Å². The maximum Gasteiger partial charge on any atom is 0.101 e. The Bertz CT molecular complexity index is 624. The van der Waals surface area contributed by atoms with Crippen molar-refractivity contribution in [3.8, 4) is 6.07 Å². The van der Waals surface area contributed by atoms with Gasteiger partial charge in [0.2, 0.25) is 0 Å². The number of hydrogen-bond acceptors (Lipinski definition) is 3. The molecule has 0 saturated carbocycles. The van der Waals surface area contributed by atoms with Gasteiger partial charge in [-0.15, -0.1) is 0 Å². The molecule has 96 valence electrons. The Morgan fingerprint density at radius 3 is 2.53 bits per heavy atom. The SMILES string of the molecule is Cc1cccc(C#N)c1Nc1cccc(N(C)C)c1. The number of anilines is 3. The number of nitrogens with one attached hydrogen (secondary N) is 1. The molecule has 19 heavy (non-hydrogen) atoms. The average molecular weight is 251 g/mol. The Balaban J connectivity index is 2.37. The largest absolute Gasteiger partial charge is 0.378 e. The molecule has 2 aromatic carbocycles. The van der Waals surface area contributed by atoms with Crippen LogP contribution >= 0.6 is 0 Å². The zero-order chi connectivity index (χ0) is 13.8. The summed E-state index contributed by atoms with van der Waals surface area (Å²) in [4.78, 5) is 2.05. The molecular weight excluding hydrogens is 234 g/mol. The number of para-hydroxylation sites is 1. The summed E-state index contributed by atoms with van der Waals surface area (Å²) in [7, 11) is 4.02. The average Bonchev–Trinajstić information content (AvgIpc) is 2.41. The Hall–Kier alpha value is -2.47. The van der Waals surface area contributed by atoms with Crippen molar-refractivity contribution in [2.24, 2.45) is 0 Å². The van der Waals surface area contributed by atoms with Gasteiger partial charge in [-0.25, -0.2) is 0 Å². The number of aryl methyl sites for hydroxylation is 1. The van der Waals surface area contributed by atoms with Gasteiger partial charge in [0.15, 0.2) is 0 Å². The Kier molecular flexibility index (Phi) is 3.72. The van der Waals surface area contributed by atoms with Crippen molar-refractivity contribution >= 4 is 17.1 Å². The minimum Gasteiger partial charge on any atom is -0.378 e. The summed E-state index contributed by atoms with van der Waals surface area (Å²) in [6.07, 6.45) is 0. The highest BCUT2D eigenvalue weighted by atomic mass is 15.1. The van der Waals surface area contributed by atoms with Gasteiger partial charge in [-0.1, -0.05) is 18.2 Å². The lowest BCUT2D eigenvalue weighted by atomic mass is 10.1. The lowest BCUT2D eigenvalue weighted by molar-refractivity contribution is 1.13. The molecule has 2 rings (SSSR count). The molecule has 0 fully saturated rings. The van der Waals surface area contributed by atoms with E-state index in [1.165, 1.54) is 0 Å². The highest BCUT2D eigenvalue weighted by Gasteiger charge is 2.06. The van der Waals surface area contributed by atoms with Gasteiger partial charge in [-0.05, 0) is 36.8 Å². The minimum atomic E-state index is 0.662. The van der Waals surface area contributed by atoms with E-state index >= 15 is 0 Å². The van der Waals surface area contributed by atoms with E-state index in [2.05, 4.69) is 17.5 Å². The second-order valence-electron chi connectivity index (χ2n) is 4.68. The molecule has 0 amide bonds. The first-order chi connectivity index (χ1) is 9.11. The van der Waals surface area contributed by atoms with Gasteiger partial charge in [0.05, 0.1) is 11.3 Å². The van der Waals surface area contributed by atoms with E-state index in [4.69, 9.17) is 5.26 Å². The number of nitrogens with zero attached hydrogens (tertiary/aromatic N) is 2. The van der Waals surface area contributed by atoms with E-state index in [9.17, 15) is 0 Å². The minimum absolute atomic E-state index is 0.662. The predicted octanol–water partition coefficient (Wildman–Crippen LogP) is 3.68. The van der Waals surface area contributed by atoms with Crippen molar-refractivity contribution in [3.05, 3.63) is 53.6 Å². The van der Waals surface area contributed by atoms with Crippen LogP contribution in [0.15, 0.2) is 42.5 Å². The molecular formula is C16H17N3. The number of benzene rings is 2. The molecule has 0 aliphatic heterocycles. The first-order valence-corrected chi connectivity index (χ1v) is 6.16. The fraction of sp³-hybridized carbons (Fsp3) is 0.188. The third-order valence-corrected chi connectivity index (χ3v) is 3.03. The van der Waals surface area contributed by atoms with Gasteiger partial charge in [0.1, 0.15) is 6.07 Å². The summed E-state index contributed by atoms with van der Waals surface area (Å²) < 4.78 is 0. The monoisotopic (exact) mass is 251 g/mol. The van der Waals surface area contributed by atoms with Crippen LogP contribution in [0.25, 0.3) is 0 Å². The molecule has 2 aromatic rings. The fourth-order valence-electron chi connectivity index (χ4n) is 1.93. The second kappa shape index (κ2) is 5.45. The molecule has 0 aromatic heterocycles. The number of hydrogen-bond donors (Lipinski definition) is 1. The maximum absolute atomic E-state index is 9.17. The zero-order valence-corrected chi connectivity index (χ0v) is 11.4. The lowest BCUT2D eigenvalue weighted by Gasteiger charge is -2.16. The Labute approximate surface area is 114 Å². The molecule has 0 spiro atoms. The van der Waals surface area contributed by atoms with Gasteiger partial charge in [0.25, 0.3) is 0 Å². The van der Waals surface area contributed by atoms with Gasteiger partial charge >= 0.3 is 0 Å². The third-order valence-electron chi connectivity index (χ3n) is 3.03. The molecule has 3 nitrogen and oxygen atoms in total. The predicted molar refractivity (Wildman–Crippen MR) is 79.9 cm³/mol. The van der Waals surface area contributed by atoms with Crippen molar-refractivity contribution in [1.29, 1.82) is 5.26 Å². The summed E-state index contributed by atoms with van der Waals surface area (Å²) in [5.74, 6) is 0. The standard InChI is InChI=1S/C16H17N3/c1-12-6-4-7-13(11-17)16(12)18-14-8-5-9-15(10-14)19(2)3/h4-10,18H,1-3H3. The van der Waals surface area contributed by atoms with Crippen molar-refractivity contribution in [2.75, 3.05) is 24.3 Å². The normalized spacial score (nSPS) is 9.79. The molecule has 0 aliphatic rings. The van der Waals surface area contributed by atoms with Crippen LogP contribution in [0.2, 0.25) is 0 Å². The smallest absolute Gasteiger partial charge is 0.101 e. The number of nitriles is 1. The topological polar surface area (TPSA) is 39.1 Å². The maximum atomic E-state index is 9.17. The lowest BCUT2D eigenvalue weighted by Crippen LogP contribution is -2.08.